The molecule has 1 aromatic rings. The molecule has 5 heteroatoms. The molecule has 0 fully saturated rings. The Labute approximate surface area is 101 Å². The maximum atomic E-state index is 10.6. The lowest BCUT2D eigenvalue weighted by molar-refractivity contribution is -0.384. The van der Waals surface area contributed by atoms with Crippen molar-refractivity contribution in [2.75, 3.05) is 11.9 Å². The first-order chi connectivity index (χ1) is 8.08. The van der Waals surface area contributed by atoms with Crippen molar-refractivity contribution in [3.8, 4) is 0 Å². The molecule has 0 aliphatic heterocycles. The van der Waals surface area contributed by atoms with E-state index in [4.69, 9.17) is 5.11 Å². The zero-order chi connectivity index (χ0) is 12.8. The van der Waals surface area contributed by atoms with Crippen LogP contribution in [0.1, 0.15) is 25.3 Å². The minimum absolute atomic E-state index is 0.100. The number of benzene rings is 1. The van der Waals surface area contributed by atoms with Crippen molar-refractivity contribution < 1.29 is 10.0 Å². The number of nitro groups is 1. The molecular weight excluding hydrogens is 220 g/mol. The molecule has 2 N–H and O–H groups in total. The van der Waals surface area contributed by atoms with Crippen LogP contribution in [-0.2, 0) is 0 Å². The molecule has 0 radical (unpaired) electrons. The Morgan fingerprint density at radius 1 is 1.53 bits per heavy atom. The van der Waals surface area contributed by atoms with Crippen molar-refractivity contribution in [1.82, 2.24) is 0 Å². The fraction of sp³-hybridized carbons (Fsp3) is 0.500. The Bertz CT molecular complexity index is 393. The molecule has 5 nitrogen and oxygen atoms in total. The van der Waals surface area contributed by atoms with Crippen molar-refractivity contribution in [1.29, 1.82) is 0 Å². The maximum Gasteiger partial charge on any atom is 0.269 e. The summed E-state index contributed by atoms with van der Waals surface area (Å²) >= 11 is 0. The maximum absolute atomic E-state index is 10.6. The first-order valence-corrected chi connectivity index (χ1v) is 5.71. The normalized spacial score (nSPS) is 12.2. The molecule has 0 aliphatic rings. The lowest BCUT2D eigenvalue weighted by Gasteiger charge is -2.18. The van der Waals surface area contributed by atoms with E-state index in [9.17, 15) is 10.1 Å². The quantitative estimate of drug-likeness (QED) is 0.589. The van der Waals surface area contributed by atoms with Crippen molar-refractivity contribution in [2.45, 2.75) is 32.7 Å². The van der Waals surface area contributed by atoms with Gasteiger partial charge in [-0.2, -0.15) is 0 Å². The summed E-state index contributed by atoms with van der Waals surface area (Å²) < 4.78 is 0. The first-order valence-electron chi connectivity index (χ1n) is 5.71. The zero-order valence-corrected chi connectivity index (χ0v) is 10.1. The standard InChI is InChI=1S/C12H18N2O3/c1-3-10(6-7-15)13-12-5-4-11(14(16)17)8-9(12)2/h4-5,8,10,13,15H,3,6-7H2,1-2H3. The summed E-state index contributed by atoms with van der Waals surface area (Å²) in [6, 6.07) is 4.95. The SMILES string of the molecule is CCC(CCO)Nc1ccc([N+](=O)[O-])cc1C. The molecule has 0 spiro atoms. The molecular formula is C12H18N2O3. The molecule has 0 saturated heterocycles. The largest absolute Gasteiger partial charge is 0.396 e. The van der Waals surface area contributed by atoms with Crippen LogP contribution in [0, 0.1) is 17.0 Å². The molecule has 1 rings (SSSR count). The molecule has 1 aromatic carbocycles. The highest BCUT2D eigenvalue weighted by molar-refractivity contribution is 5.55. The van der Waals surface area contributed by atoms with E-state index in [0.717, 1.165) is 17.7 Å². The van der Waals surface area contributed by atoms with E-state index in [-0.39, 0.29) is 18.3 Å². The van der Waals surface area contributed by atoms with Crippen LogP contribution in [0.15, 0.2) is 18.2 Å². The predicted octanol–water partition coefficient (Wildman–Crippen LogP) is 2.48. The van der Waals surface area contributed by atoms with Gasteiger partial charge in [-0.15, -0.1) is 0 Å². The van der Waals surface area contributed by atoms with E-state index < -0.39 is 4.92 Å². The average molecular weight is 238 g/mol. The predicted molar refractivity (Wildman–Crippen MR) is 67.2 cm³/mol. The third-order valence-corrected chi connectivity index (χ3v) is 2.75. The van der Waals surface area contributed by atoms with Gasteiger partial charge in [-0.1, -0.05) is 6.92 Å². The summed E-state index contributed by atoms with van der Waals surface area (Å²) in [4.78, 5) is 10.2. The third-order valence-electron chi connectivity index (χ3n) is 2.75. The fourth-order valence-corrected chi connectivity index (χ4v) is 1.68. The second-order valence-corrected chi connectivity index (χ2v) is 4.02. The number of hydrogen-bond donors (Lipinski definition) is 2. The smallest absolute Gasteiger partial charge is 0.269 e. The Morgan fingerprint density at radius 2 is 2.24 bits per heavy atom. The highest BCUT2D eigenvalue weighted by atomic mass is 16.6. The van der Waals surface area contributed by atoms with Crippen molar-refractivity contribution in [2.24, 2.45) is 0 Å². The number of hydrogen-bond acceptors (Lipinski definition) is 4. The van der Waals surface area contributed by atoms with E-state index in [1.807, 2.05) is 13.8 Å². The molecule has 0 amide bonds. The number of anilines is 1. The van der Waals surface area contributed by atoms with Gasteiger partial charge in [-0.3, -0.25) is 10.1 Å². The van der Waals surface area contributed by atoms with Crippen molar-refractivity contribution in [3.63, 3.8) is 0 Å². The number of aryl methyl sites for hydroxylation is 1. The van der Waals surface area contributed by atoms with Crippen molar-refractivity contribution in [3.05, 3.63) is 33.9 Å². The van der Waals surface area contributed by atoms with E-state index in [2.05, 4.69) is 5.32 Å². The van der Waals surface area contributed by atoms with Gasteiger partial charge in [0.25, 0.3) is 5.69 Å². The van der Waals surface area contributed by atoms with E-state index in [1.165, 1.54) is 6.07 Å². The molecule has 0 heterocycles. The van der Waals surface area contributed by atoms with Crippen LogP contribution >= 0.6 is 0 Å². The van der Waals surface area contributed by atoms with Crippen LogP contribution in [0.5, 0.6) is 0 Å². The Balaban J connectivity index is 2.81. The monoisotopic (exact) mass is 238 g/mol. The summed E-state index contributed by atoms with van der Waals surface area (Å²) in [5, 5.41) is 22.8. The van der Waals surface area contributed by atoms with Crippen LogP contribution in [0.25, 0.3) is 0 Å². The highest BCUT2D eigenvalue weighted by Gasteiger charge is 2.10. The zero-order valence-electron chi connectivity index (χ0n) is 10.1. The second kappa shape index (κ2) is 6.20. The van der Waals surface area contributed by atoms with Crippen LogP contribution < -0.4 is 5.32 Å². The van der Waals surface area contributed by atoms with Gasteiger partial charge in [0.05, 0.1) is 4.92 Å². The van der Waals surface area contributed by atoms with Crippen LogP contribution in [-0.4, -0.2) is 22.7 Å². The van der Waals surface area contributed by atoms with Gasteiger partial charge in [0, 0.05) is 30.5 Å². The molecule has 1 atom stereocenters. The Kier molecular flexibility index (Phi) is 4.90. The van der Waals surface area contributed by atoms with E-state index >= 15 is 0 Å². The summed E-state index contributed by atoms with van der Waals surface area (Å²) in [6.07, 6.45) is 1.57. The number of aliphatic hydroxyl groups is 1. The lowest BCUT2D eigenvalue weighted by atomic mass is 10.1. The molecule has 0 aromatic heterocycles. The highest BCUT2D eigenvalue weighted by Crippen LogP contribution is 2.22. The van der Waals surface area contributed by atoms with Crippen molar-refractivity contribution >= 4 is 11.4 Å². The number of nitrogens with zero attached hydrogens (tertiary/aromatic N) is 1. The van der Waals surface area contributed by atoms with Crippen LogP contribution in [0.3, 0.4) is 0 Å². The number of nitro benzene ring substituents is 1. The molecule has 17 heavy (non-hydrogen) atoms. The summed E-state index contributed by atoms with van der Waals surface area (Å²) in [7, 11) is 0. The summed E-state index contributed by atoms with van der Waals surface area (Å²) in [5.74, 6) is 0. The van der Waals surface area contributed by atoms with Crippen LogP contribution in [0.4, 0.5) is 11.4 Å². The van der Waals surface area contributed by atoms with Gasteiger partial charge in [0.2, 0.25) is 0 Å². The van der Waals surface area contributed by atoms with Gasteiger partial charge in [-0.05, 0) is 31.4 Å². The molecule has 0 bridgehead atoms. The Hall–Kier alpha value is -1.62. The second-order valence-electron chi connectivity index (χ2n) is 4.02. The van der Waals surface area contributed by atoms with E-state index in [0.29, 0.717) is 6.42 Å². The molecule has 0 saturated carbocycles. The first kappa shape index (κ1) is 13.4. The minimum Gasteiger partial charge on any atom is -0.396 e. The van der Waals surface area contributed by atoms with Gasteiger partial charge >= 0.3 is 0 Å². The fourth-order valence-electron chi connectivity index (χ4n) is 1.68. The average Bonchev–Trinajstić information content (AvgIpc) is 2.30. The Morgan fingerprint density at radius 3 is 2.71 bits per heavy atom. The lowest BCUT2D eigenvalue weighted by Crippen LogP contribution is -2.20. The topological polar surface area (TPSA) is 75.4 Å². The van der Waals surface area contributed by atoms with Gasteiger partial charge in [0.1, 0.15) is 0 Å². The number of rotatable bonds is 6. The minimum atomic E-state index is -0.401. The van der Waals surface area contributed by atoms with Gasteiger partial charge < -0.3 is 10.4 Å². The van der Waals surface area contributed by atoms with Crippen LogP contribution in [0.2, 0.25) is 0 Å². The van der Waals surface area contributed by atoms with Gasteiger partial charge in [-0.25, -0.2) is 0 Å². The molecule has 0 aliphatic carbocycles. The number of non-ortho nitro benzene ring substituents is 1. The molecule has 1 unspecified atom stereocenters. The summed E-state index contributed by atoms with van der Waals surface area (Å²) in [6.45, 7) is 4.01. The number of nitrogens with one attached hydrogen (secondary N) is 1. The van der Waals surface area contributed by atoms with E-state index in [1.54, 1.807) is 12.1 Å². The number of aliphatic hydroxyl groups excluding tert-OH is 1. The van der Waals surface area contributed by atoms with Gasteiger partial charge in [0.15, 0.2) is 0 Å². The summed E-state index contributed by atoms with van der Waals surface area (Å²) in [5.41, 5.74) is 1.83. The third kappa shape index (κ3) is 3.71. The molecule has 94 valence electrons.